The van der Waals surface area contributed by atoms with Gasteiger partial charge in [-0.05, 0) is 44.9 Å². The molecular formula is C15H20N4. The van der Waals surface area contributed by atoms with Crippen LogP contribution in [0.25, 0.3) is 11.5 Å². The van der Waals surface area contributed by atoms with E-state index >= 15 is 0 Å². The van der Waals surface area contributed by atoms with Gasteiger partial charge in [-0.25, -0.2) is 9.97 Å². The zero-order valence-electron chi connectivity index (χ0n) is 11.9. The quantitative estimate of drug-likeness (QED) is 0.915. The van der Waals surface area contributed by atoms with Gasteiger partial charge in [-0.15, -0.1) is 0 Å². The molecule has 0 radical (unpaired) electrons. The van der Waals surface area contributed by atoms with Crippen LogP contribution in [-0.4, -0.2) is 21.0 Å². The van der Waals surface area contributed by atoms with Crippen molar-refractivity contribution in [3.05, 3.63) is 40.8 Å². The van der Waals surface area contributed by atoms with Gasteiger partial charge in [0.25, 0.3) is 0 Å². The Balaban J connectivity index is 2.46. The molecule has 2 N–H and O–H groups in total. The minimum atomic E-state index is 0.0919. The second-order valence-electron chi connectivity index (χ2n) is 5.18. The number of rotatable bonds is 3. The van der Waals surface area contributed by atoms with E-state index in [1.165, 1.54) is 0 Å². The predicted molar refractivity (Wildman–Crippen MR) is 76.8 cm³/mol. The van der Waals surface area contributed by atoms with Crippen LogP contribution in [0.2, 0.25) is 0 Å². The first-order chi connectivity index (χ1) is 8.95. The van der Waals surface area contributed by atoms with E-state index in [-0.39, 0.29) is 6.04 Å². The van der Waals surface area contributed by atoms with Crippen LogP contribution in [0.1, 0.15) is 29.4 Å². The maximum absolute atomic E-state index is 5.84. The van der Waals surface area contributed by atoms with Crippen molar-refractivity contribution in [1.82, 2.24) is 15.0 Å². The lowest BCUT2D eigenvalue weighted by molar-refractivity contribution is 0.719. The van der Waals surface area contributed by atoms with E-state index < -0.39 is 0 Å². The zero-order chi connectivity index (χ0) is 14.0. The predicted octanol–water partition coefficient (Wildman–Crippen LogP) is 2.35. The Kier molecular flexibility index (Phi) is 3.90. The minimum absolute atomic E-state index is 0.0919. The highest BCUT2D eigenvalue weighted by Crippen LogP contribution is 2.19. The average molecular weight is 256 g/mol. The van der Waals surface area contributed by atoms with Gasteiger partial charge in [-0.3, -0.25) is 4.98 Å². The third-order valence-corrected chi connectivity index (χ3v) is 2.87. The summed E-state index contributed by atoms with van der Waals surface area (Å²) in [5.41, 5.74) is 10.8. The van der Waals surface area contributed by atoms with Crippen LogP contribution in [0.4, 0.5) is 0 Å². The summed E-state index contributed by atoms with van der Waals surface area (Å²) in [6.45, 7) is 8.01. The minimum Gasteiger partial charge on any atom is -0.328 e. The lowest BCUT2D eigenvalue weighted by Gasteiger charge is -2.09. The molecule has 0 bridgehead atoms. The van der Waals surface area contributed by atoms with E-state index in [0.29, 0.717) is 5.82 Å². The van der Waals surface area contributed by atoms with E-state index in [1.807, 2.05) is 40.0 Å². The Morgan fingerprint density at radius 1 is 1.16 bits per heavy atom. The first-order valence-corrected chi connectivity index (χ1v) is 6.49. The fraction of sp³-hybridized carbons (Fsp3) is 0.400. The van der Waals surface area contributed by atoms with Crippen LogP contribution in [-0.2, 0) is 6.42 Å². The fourth-order valence-electron chi connectivity index (χ4n) is 2.12. The van der Waals surface area contributed by atoms with Gasteiger partial charge >= 0.3 is 0 Å². The highest BCUT2D eigenvalue weighted by atomic mass is 14.9. The summed E-state index contributed by atoms with van der Waals surface area (Å²) < 4.78 is 0. The molecule has 0 aliphatic rings. The van der Waals surface area contributed by atoms with Crippen molar-refractivity contribution in [2.75, 3.05) is 0 Å². The molecular weight excluding hydrogens is 236 g/mol. The van der Waals surface area contributed by atoms with Gasteiger partial charge < -0.3 is 5.73 Å². The molecule has 0 saturated carbocycles. The summed E-state index contributed by atoms with van der Waals surface area (Å²) in [5.74, 6) is 0.688. The van der Waals surface area contributed by atoms with E-state index in [9.17, 15) is 0 Å². The van der Waals surface area contributed by atoms with Crippen LogP contribution in [0.5, 0.6) is 0 Å². The molecule has 0 amide bonds. The molecule has 2 aromatic rings. The van der Waals surface area contributed by atoms with Crippen LogP contribution in [0, 0.1) is 20.8 Å². The Hall–Kier alpha value is -1.81. The molecule has 2 rings (SSSR count). The van der Waals surface area contributed by atoms with Gasteiger partial charge in [0.15, 0.2) is 5.82 Å². The van der Waals surface area contributed by atoms with Gasteiger partial charge in [-0.2, -0.15) is 0 Å². The number of hydrogen-bond acceptors (Lipinski definition) is 4. The van der Waals surface area contributed by atoms with Crippen molar-refractivity contribution in [1.29, 1.82) is 0 Å². The molecule has 100 valence electrons. The third kappa shape index (κ3) is 3.35. The molecule has 0 saturated heterocycles. The molecule has 4 nitrogen and oxygen atoms in total. The number of aryl methyl sites for hydroxylation is 3. The first kappa shape index (κ1) is 13.6. The van der Waals surface area contributed by atoms with Crippen LogP contribution < -0.4 is 5.73 Å². The molecule has 19 heavy (non-hydrogen) atoms. The second kappa shape index (κ2) is 5.45. The molecule has 2 heterocycles. The summed E-state index contributed by atoms with van der Waals surface area (Å²) in [7, 11) is 0. The number of hydrogen-bond donors (Lipinski definition) is 1. The number of aromatic nitrogens is 3. The SMILES string of the molecule is Cc1cnc(-c2nc(C)cc(CC(C)N)n2)c(C)c1. The van der Waals surface area contributed by atoms with E-state index in [4.69, 9.17) is 5.73 Å². The fourth-order valence-corrected chi connectivity index (χ4v) is 2.12. The van der Waals surface area contributed by atoms with E-state index in [2.05, 4.69) is 21.0 Å². The normalized spacial score (nSPS) is 12.5. The summed E-state index contributed by atoms with van der Waals surface area (Å²) in [4.78, 5) is 13.5. The summed E-state index contributed by atoms with van der Waals surface area (Å²) in [5, 5.41) is 0. The molecule has 1 unspecified atom stereocenters. The Bertz CT molecular complexity index is 591. The van der Waals surface area contributed by atoms with Gasteiger partial charge in [-0.1, -0.05) is 6.07 Å². The van der Waals surface area contributed by atoms with Crippen LogP contribution in [0.15, 0.2) is 18.3 Å². The average Bonchev–Trinajstić information content (AvgIpc) is 2.26. The van der Waals surface area contributed by atoms with Gasteiger partial charge in [0, 0.05) is 30.0 Å². The molecule has 0 aliphatic heterocycles. The van der Waals surface area contributed by atoms with Crippen molar-refractivity contribution in [2.45, 2.75) is 40.2 Å². The molecule has 2 aromatic heterocycles. The summed E-state index contributed by atoms with van der Waals surface area (Å²) in [6, 6.07) is 4.17. The zero-order valence-corrected chi connectivity index (χ0v) is 11.9. The van der Waals surface area contributed by atoms with Crippen molar-refractivity contribution in [3.8, 4) is 11.5 Å². The van der Waals surface area contributed by atoms with Crippen LogP contribution >= 0.6 is 0 Å². The van der Waals surface area contributed by atoms with Crippen molar-refractivity contribution < 1.29 is 0 Å². The highest BCUT2D eigenvalue weighted by Gasteiger charge is 2.10. The lowest BCUT2D eigenvalue weighted by atomic mass is 10.1. The molecule has 0 spiro atoms. The summed E-state index contributed by atoms with van der Waals surface area (Å²) in [6.07, 6.45) is 2.60. The Labute approximate surface area is 114 Å². The van der Waals surface area contributed by atoms with Gasteiger partial charge in [0.1, 0.15) is 5.69 Å². The van der Waals surface area contributed by atoms with Gasteiger partial charge in [0.05, 0.1) is 0 Å². The highest BCUT2D eigenvalue weighted by molar-refractivity contribution is 5.55. The number of pyridine rings is 1. The van der Waals surface area contributed by atoms with Crippen molar-refractivity contribution in [2.24, 2.45) is 5.73 Å². The van der Waals surface area contributed by atoms with Gasteiger partial charge in [0.2, 0.25) is 0 Å². The summed E-state index contributed by atoms with van der Waals surface area (Å²) >= 11 is 0. The van der Waals surface area contributed by atoms with Crippen molar-refractivity contribution in [3.63, 3.8) is 0 Å². The third-order valence-electron chi connectivity index (χ3n) is 2.87. The second-order valence-corrected chi connectivity index (χ2v) is 5.18. The molecule has 0 fully saturated rings. The largest absolute Gasteiger partial charge is 0.328 e. The molecule has 1 atom stereocenters. The van der Waals surface area contributed by atoms with Crippen molar-refractivity contribution >= 4 is 0 Å². The monoisotopic (exact) mass is 256 g/mol. The Morgan fingerprint density at radius 2 is 1.89 bits per heavy atom. The maximum atomic E-state index is 5.84. The smallest absolute Gasteiger partial charge is 0.178 e. The maximum Gasteiger partial charge on any atom is 0.178 e. The first-order valence-electron chi connectivity index (χ1n) is 6.49. The van der Waals surface area contributed by atoms with E-state index in [1.54, 1.807) is 0 Å². The molecule has 0 aromatic carbocycles. The number of nitrogens with two attached hydrogens (primary N) is 1. The lowest BCUT2D eigenvalue weighted by Crippen LogP contribution is -2.19. The number of nitrogens with zero attached hydrogens (tertiary/aromatic N) is 3. The topological polar surface area (TPSA) is 64.7 Å². The van der Waals surface area contributed by atoms with Crippen LogP contribution in [0.3, 0.4) is 0 Å². The van der Waals surface area contributed by atoms with E-state index in [0.717, 1.165) is 34.6 Å². The Morgan fingerprint density at radius 3 is 2.53 bits per heavy atom. The standard InChI is InChI=1S/C15H20N4/c1-9-5-10(2)14(17-8-9)15-18-12(4)7-13(19-15)6-11(3)16/h5,7-8,11H,6,16H2,1-4H3. The molecule has 0 aliphatic carbocycles. The molecule has 4 heteroatoms.